The molecule has 8 aromatic rings. The largest absolute Gasteiger partial charge is 0.456 e. The third-order valence-corrected chi connectivity index (χ3v) is 10.3. The minimum Gasteiger partial charge on any atom is -0.456 e. The number of rotatable bonds is 5. The van der Waals surface area contributed by atoms with Crippen LogP contribution in [0.5, 0.6) is 0 Å². The molecule has 0 amide bonds. The molecule has 2 aromatic heterocycles. The lowest BCUT2D eigenvalue weighted by atomic mass is 9.90. The van der Waals surface area contributed by atoms with Crippen molar-refractivity contribution in [1.29, 1.82) is 0 Å². The Morgan fingerprint density at radius 3 is 2.12 bits per heavy atom. The molecule has 4 nitrogen and oxygen atoms in total. The lowest BCUT2D eigenvalue weighted by Crippen LogP contribution is -2.24. The Balaban J connectivity index is 1.09. The van der Waals surface area contributed by atoms with Crippen LogP contribution in [0.4, 0.5) is 0 Å². The molecule has 0 spiro atoms. The molecule has 0 saturated carbocycles. The normalized spacial score (nSPS) is 16.6. The first kappa shape index (κ1) is 29.5. The minimum absolute atomic E-state index is 0.0942. The highest BCUT2D eigenvalue weighted by Crippen LogP contribution is 2.36. The van der Waals surface area contributed by atoms with Gasteiger partial charge in [-0.15, -0.1) is 0 Å². The molecule has 2 heterocycles. The van der Waals surface area contributed by atoms with Gasteiger partial charge in [0.2, 0.25) is 0 Å². The average molecular weight is 656 g/mol. The summed E-state index contributed by atoms with van der Waals surface area (Å²) in [6, 6.07) is 45.0. The van der Waals surface area contributed by atoms with Crippen molar-refractivity contribution in [2.75, 3.05) is 0 Å². The summed E-state index contributed by atoms with van der Waals surface area (Å²) in [7, 11) is 0. The second-order valence-corrected chi connectivity index (χ2v) is 13.5. The van der Waals surface area contributed by atoms with E-state index in [1.54, 1.807) is 0 Å². The molecule has 0 radical (unpaired) electrons. The van der Waals surface area contributed by atoms with Crippen LogP contribution >= 0.6 is 0 Å². The predicted octanol–water partition coefficient (Wildman–Crippen LogP) is 10.3. The average Bonchev–Trinajstić information content (AvgIpc) is 3.59. The van der Waals surface area contributed by atoms with Gasteiger partial charge in [-0.3, -0.25) is 0 Å². The summed E-state index contributed by atoms with van der Waals surface area (Å²) in [4.78, 5) is 15.3. The molecular weight excluding hydrogens is 623 g/mol. The van der Waals surface area contributed by atoms with E-state index in [0.29, 0.717) is 11.6 Å². The highest BCUT2D eigenvalue weighted by atomic mass is 16.3. The van der Waals surface area contributed by atoms with Gasteiger partial charge in [0.15, 0.2) is 11.6 Å². The summed E-state index contributed by atoms with van der Waals surface area (Å²) in [6.07, 6.45) is 14.9. The summed E-state index contributed by atoms with van der Waals surface area (Å²) in [5.41, 5.74) is 7.54. The van der Waals surface area contributed by atoms with Gasteiger partial charge in [-0.1, -0.05) is 146 Å². The van der Waals surface area contributed by atoms with E-state index in [2.05, 4.69) is 146 Å². The van der Waals surface area contributed by atoms with Crippen molar-refractivity contribution in [3.8, 4) is 33.9 Å². The third kappa shape index (κ3) is 5.28. The number of hydrogen-bond donors (Lipinski definition) is 0. The molecule has 0 fully saturated rings. The van der Waals surface area contributed by atoms with Gasteiger partial charge in [0.25, 0.3) is 0 Å². The quantitative estimate of drug-likeness (QED) is 0.185. The minimum atomic E-state index is 0.0942. The molecule has 2 atom stereocenters. The highest BCUT2D eigenvalue weighted by Gasteiger charge is 2.22. The van der Waals surface area contributed by atoms with Gasteiger partial charge in [-0.2, -0.15) is 0 Å². The monoisotopic (exact) mass is 655 g/mol. The summed E-state index contributed by atoms with van der Waals surface area (Å²) >= 11 is 0. The molecule has 2 aliphatic carbocycles. The van der Waals surface area contributed by atoms with E-state index in [4.69, 9.17) is 19.4 Å². The zero-order valence-corrected chi connectivity index (χ0v) is 27.9. The first-order valence-electron chi connectivity index (χ1n) is 17.7. The molecule has 0 bridgehead atoms. The van der Waals surface area contributed by atoms with E-state index in [0.717, 1.165) is 62.2 Å². The summed E-state index contributed by atoms with van der Waals surface area (Å²) < 4.78 is 6.75. The Hall–Kier alpha value is -6.39. The van der Waals surface area contributed by atoms with Crippen molar-refractivity contribution >= 4 is 44.7 Å². The molecule has 6 aromatic carbocycles. The molecule has 2 unspecified atom stereocenters. The van der Waals surface area contributed by atoms with Gasteiger partial charge in [0.05, 0.1) is 0 Å². The lowest BCUT2D eigenvalue weighted by molar-refractivity contribution is 0.572. The van der Waals surface area contributed by atoms with Crippen molar-refractivity contribution < 1.29 is 4.42 Å². The molecule has 242 valence electrons. The number of allylic oxidation sites excluding steroid dienone is 4. The Labute approximate surface area is 295 Å². The fourth-order valence-electron chi connectivity index (χ4n) is 7.68. The number of hydrogen-bond acceptors (Lipinski definition) is 4. The van der Waals surface area contributed by atoms with Crippen molar-refractivity contribution in [3.63, 3.8) is 0 Å². The zero-order chi connectivity index (χ0) is 33.7. The van der Waals surface area contributed by atoms with Crippen LogP contribution in [0.15, 0.2) is 156 Å². The van der Waals surface area contributed by atoms with Crippen LogP contribution in [-0.2, 0) is 0 Å². The maximum Gasteiger partial charge on any atom is 0.164 e. The Morgan fingerprint density at radius 2 is 1.29 bits per heavy atom. The highest BCUT2D eigenvalue weighted by molar-refractivity contribution is 6.11. The van der Waals surface area contributed by atoms with Crippen LogP contribution in [0, 0.1) is 0 Å². The molecule has 51 heavy (non-hydrogen) atoms. The summed E-state index contributed by atoms with van der Waals surface area (Å²) in [5, 5.41) is 6.84. The Kier molecular flexibility index (Phi) is 7.05. The standard InChI is InChI=1S/C47H33N3O/c1-4-12-30(13-5-1)33-20-21-35-27-36(23-22-34(35)26-33)37-24-25-39-41-29-42(38-18-10-11-19-40(38)44(41)51-43(39)28-37)47-49-45(31-14-6-2-7-15-31)48-46(50-47)32-16-8-3-9-17-32/h1-16,18-23,25-29,32,37H,17,24H2. The van der Waals surface area contributed by atoms with Gasteiger partial charge < -0.3 is 4.42 Å². The van der Waals surface area contributed by atoms with Gasteiger partial charge in [0.1, 0.15) is 16.8 Å². The zero-order valence-electron chi connectivity index (χ0n) is 27.9. The van der Waals surface area contributed by atoms with Crippen LogP contribution in [-0.4, -0.2) is 15.0 Å². The van der Waals surface area contributed by atoms with Crippen LogP contribution in [0.25, 0.3) is 78.6 Å². The lowest BCUT2D eigenvalue weighted by Gasteiger charge is -2.15. The van der Waals surface area contributed by atoms with Crippen LogP contribution < -0.4 is 10.6 Å². The molecular formula is C47H33N3O. The van der Waals surface area contributed by atoms with Crippen LogP contribution in [0.2, 0.25) is 0 Å². The number of benzene rings is 6. The fourth-order valence-corrected chi connectivity index (χ4v) is 7.68. The Bertz CT molecular complexity index is 2810. The Morgan fingerprint density at radius 1 is 0.549 bits per heavy atom. The van der Waals surface area contributed by atoms with E-state index < -0.39 is 0 Å². The van der Waals surface area contributed by atoms with Crippen molar-refractivity contribution in [3.05, 3.63) is 174 Å². The number of nitrogens with zero attached hydrogens (tertiary/aromatic N) is 3. The molecule has 0 N–H and O–H groups in total. The fraction of sp³-hybridized carbons (Fsp3) is 0.0851. The number of fused-ring (bicyclic) bond motifs is 6. The molecule has 10 rings (SSSR count). The van der Waals surface area contributed by atoms with Crippen LogP contribution in [0.1, 0.15) is 36.1 Å². The van der Waals surface area contributed by atoms with Crippen LogP contribution in [0.3, 0.4) is 0 Å². The van der Waals surface area contributed by atoms with E-state index in [1.807, 2.05) is 18.2 Å². The van der Waals surface area contributed by atoms with Gasteiger partial charge in [-0.05, 0) is 63.9 Å². The van der Waals surface area contributed by atoms with Crippen molar-refractivity contribution in [2.45, 2.75) is 24.7 Å². The second kappa shape index (κ2) is 12.2. The first-order valence-corrected chi connectivity index (χ1v) is 17.7. The third-order valence-electron chi connectivity index (χ3n) is 10.3. The molecule has 0 aliphatic heterocycles. The van der Waals surface area contributed by atoms with Gasteiger partial charge in [0, 0.05) is 39.0 Å². The van der Waals surface area contributed by atoms with Crippen molar-refractivity contribution in [1.82, 2.24) is 15.0 Å². The van der Waals surface area contributed by atoms with Crippen molar-refractivity contribution in [2.24, 2.45) is 0 Å². The summed E-state index contributed by atoms with van der Waals surface area (Å²) in [6.45, 7) is 0. The van der Waals surface area contributed by atoms with E-state index in [1.165, 1.54) is 27.5 Å². The molecule has 2 aliphatic rings. The molecule has 4 heteroatoms. The van der Waals surface area contributed by atoms with Gasteiger partial charge >= 0.3 is 0 Å². The first-order chi connectivity index (χ1) is 25.2. The maximum absolute atomic E-state index is 6.75. The van der Waals surface area contributed by atoms with Gasteiger partial charge in [-0.25, -0.2) is 15.0 Å². The predicted molar refractivity (Wildman–Crippen MR) is 209 cm³/mol. The second-order valence-electron chi connectivity index (χ2n) is 13.5. The topological polar surface area (TPSA) is 51.8 Å². The SMILES string of the molecule is C1=CCC(c2nc(-c3ccccc3)nc(-c3cc4c5c(oc4c4ccccc34)=CC(c3ccc4cc(-c6ccccc6)ccc4c3)CC=5)n2)C=C1. The van der Waals surface area contributed by atoms with E-state index in [9.17, 15) is 0 Å². The van der Waals surface area contributed by atoms with E-state index in [-0.39, 0.29) is 11.8 Å². The maximum atomic E-state index is 6.75. The smallest absolute Gasteiger partial charge is 0.164 e. The van der Waals surface area contributed by atoms with E-state index >= 15 is 0 Å². The number of furan rings is 1. The summed E-state index contributed by atoms with van der Waals surface area (Å²) in [5.74, 6) is 2.47. The molecule has 0 saturated heterocycles. The number of aromatic nitrogens is 3.